The molecule has 9 heteroatoms. The number of carbonyl (C=O) groups is 1. The van der Waals surface area contributed by atoms with Gasteiger partial charge in [-0.25, -0.2) is 0 Å². The smallest absolute Gasteiger partial charge is 0.304 e. The van der Waals surface area contributed by atoms with Gasteiger partial charge in [-0.05, 0) is 36.8 Å². The molecule has 2 aromatic heterocycles. The van der Waals surface area contributed by atoms with Gasteiger partial charge in [-0.1, -0.05) is 40.2 Å². The molecule has 0 aliphatic rings. The summed E-state index contributed by atoms with van der Waals surface area (Å²) in [7, 11) is 0. The van der Waals surface area contributed by atoms with E-state index in [0.717, 1.165) is 27.1 Å². The number of hydrogen-bond acceptors (Lipinski definition) is 5. The molecule has 0 unspecified atom stereocenters. The number of rotatable bonds is 4. The van der Waals surface area contributed by atoms with Gasteiger partial charge in [0.1, 0.15) is 0 Å². The lowest BCUT2D eigenvalue weighted by atomic mass is 10.2. The van der Waals surface area contributed by atoms with Crippen LogP contribution in [0.25, 0.3) is 16.3 Å². The van der Waals surface area contributed by atoms with Crippen LogP contribution in [0.1, 0.15) is 10.4 Å². The number of nitrogens with zero attached hydrogens (tertiary/aromatic N) is 3. The quantitative estimate of drug-likeness (QED) is 0.273. The molecule has 6 nitrogen and oxygen atoms in total. The third-order valence-corrected chi connectivity index (χ3v) is 6.12. The van der Waals surface area contributed by atoms with Crippen LogP contribution in [-0.4, -0.2) is 15.4 Å². The molecule has 0 spiro atoms. The molecule has 0 atom stereocenters. The van der Waals surface area contributed by atoms with Crippen LogP contribution in [0.5, 0.6) is 0 Å². The van der Waals surface area contributed by atoms with Crippen molar-refractivity contribution in [3.05, 3.63) is 60.7 Å². The van der Waals surface area contributed by atoms with Gasteiger partial charge in [0.25, 0.3) is 5.91 Å². The fraction of sp³-hybridized carbons (Fsp3) is 0.111. The van der Waals surface area contributed by atoms with Crippen molar-refractivity contribution in [3.8, 4) is 12.3 Å². The second kappa shape index (κ2) is 7.88. The first-order valence-corrected chi connectivity index (χ1v) is 9.64. The average Bonchev–Trinajstić information content (AvgIpc) is 3.23. The van der Waals surface area contributed by atoms with Crippen LogP contribution in [-0.2, 0) is 11.3 Å². The van der Waals surface area contributed by atoms with Gasteiger partial charge in [0.05, 0.1) is 21.7 Å². The van der Waals surface area contributed by atoms with Crippen molar-refractivity contribution in [1.82, 2.24) is 4.57 Å². The molecule has 2 heterocycles. The van der Waals surface area contributed by atoms with Crippen molar-refractivity contribution in [2.75, 3.05) is 0 Å². The molecule has 0 aliphatic carbocycles. The molecule has 1 aromatic carbocycles. The highest BCUT2D eigenvalue weighted by atomic mass is 35.5. The van der Waals surface area contributed by atoms with Crippen LogP contribution in [0, 0.1) is 29.4 Å². The number of aromatic nitrogens is 1. The monoisotopic (exact) mass is 417 g/mol. The molecule has 0 saturated heterocycles. The van der Waals surface area contributed by atoms with E-state index in [1.165, 1.54) is 29.6 Å². The van der Waals surface area contributed by atoms with Crippen LogP contribution in [0.2, 0.25) is 5.02 Å². The zero-order chi connectivity index (χ0) is 19.6. The van der Waals surface area contributed by atoms with E-state index in [-0.39, 0.29) is 11.5 Å². The number of nitro groups is 1. The number of hydrogen-bond donors (Lipinski definition) is 0. The highest BCUT2D eigenvalue weighted by Crippen LogP contribution is 2.27. The van der Waals surface area contributed by atoms with Crippen molar-refractivity contribution in [1.29, 1.82) is 0 Å². The van der Waals surface area contributed by atoms with Crippen molar-refractivity contribution in [2.45, 2.75) is 13.5 Å². The molecular weight excluding hydrogens is 406 g/mol. The zero-order valence-electron chi connectivity index (χ0n) is 14.0. The van der Waals surface area contributed by atoms with E-state index in [4.69, 9.17) is 18.0 Å². The predicted molar refractivity (Wildman–Crippen MR) is 109 cm³/mol. The summed E-state index contributed by atoms with van der Waals surface area (Å²) >= 11 is 8.53. The Morgan fingerprint density at radius 3 is 2.85 bits per heavy atom. The maximum atomic E-state index is 12.2. The minimum atomic E-state index is -0.480. The Kier molecular flexibility index (Phi) is 5.56. The Balaban J connectivity index is 1.99. The minimum absolute atomic E-state index is 0.0164. The number of benzene rings is 1. The number of carbonyl (C=O) groups excluding carboxylic acids is 1. The van der Waals surface area contributed by atoms with E-state index in [0.29, 0.717) is 14.7 Å². The fourth-order valence-corrected chi connectivity index (χ4v) is 4.42. The van der Waals surface area contributed by atoms with E-state index in [2.05, 4.69) is 10.9 Å². The average molecular weight is 418 g/mol. The number of amides is 1. The number of halogens is 1. The Labute approximate surface area is 167 Å². The topological polar surface area (TPSA) is 77.5 Å². The standard InChI is InChI=1S/C18H12ClN3O3S2/c1-3-10-21-17-11(2)13(19)6-7-14(17)27-18(21)20-15(23)8-4-12-5-9-16(26-12)22(24)25/h1,4-9H,10H2,2H3/b8-4+,20-18?. The molecule has 0 saturated carbocycles. The van der Waals surface area contributed by atoms with E-state index < -0.39 is 10.8 Å². The summed E-state index contributed by atoms with van der Waals surface area (Å²) in [6.07, 6.45) is 8.25. The highest BCUT2D eigenvalue weighted by Gasteiger charge is 2.11. The Morgan fingerprint density at radius 2 is 2.19 bits per heavy atom. The summed E-state index contributed by atoms with van der Waals surface area (Å²) in [5, 5.41) is 11.3. The molecule has 0 radical (unpaired) electrons. The Bertz CT molecular complexity index is 1190. The van der Waals surface area contributed by atoms with Crippen LogP contribution in [0.15, 0.2) is 35.3 Å². The van der Waals surface area contributed by atoms with Gasteiger partial charge in [-0.15, -0.1) is 6.42 Å². The molecule has 3 rings (SSSR count). The van der Waals surface area contributed by atoms with Crippen molar-refractivity contribution < 1.29 is 9.72 Å². The molecule has 136 valence electrons. The van der Waals surface area contributed by atoms with Gasteiger partial charge in [0.15, 0.2) is 4.80 Å². The predicted octanol–water partition coefficient (Wildman–Crippen LogP) is 4.41. The molecular formula is C18H12ClN3O3S2. The third kappa shape index (κ3) is 4.01. The number of thiophene rings is 1. The van der Waals surface area contributed by atoms with Gasteiger partial charge >= 0.3 is 5.00 Å². The summed E-state index contributed by atoms with van der Waals surface area (Å²) in [5.41, 5.74) is 1.73. The molecule has 0 bridgehead atoms. The van der Waals surface area contributed by atoms with Gasteiger partial charge in [0, 0.05) is 22.0 Å². The van der Waals surface area contributed by atoms with Gasteiger partial charge in [0.2, 0.25) is 0 Å². The molecule has 0 N–H and O–H groups in total. The summed E-state index contributed by atoms with van der Waals surface area (Å²) in [4.78, 5) is 27.7. The van der Waals surface area contributed by atoms with Crippen LogP contribution >= 0.6 is 34.3 Å². The van der Waals surface area contributed by atoms with Gasteiger partial charge in [-0.3, -0.25) is 14.9 Å². The lowest BCUT2D eigenvalue weighted by Gasteiger charge is -2.04. The van der Waals surface area contributed by atoms with Gasteiger partial charge < -0.3 is 4.57 Å². The Hall–Kier alpha value is -2.73. The summed E-state index contributed by atoms with van der Waals surface area (Å²) < 4.78 is 2.71. The summed E-state index contributed by atoms with van der Waals surface area (Å²) in [5.74, 6) is 2.09. The van der Waals surface area contributed by atoms with Crippen LogP contribution in [0.3, 0.4) is 0 Å². The summed E-state index contributed by atoms with van der Waals surface area (Å²) in [6.45, 7) is 2.15. The lowest BCUT2D eigenvalue weighted by Crippen LogP contribution is -2.16. The highest BCUT2D eigenvalue weighted by molar-refractivity contribution is 7.16. The molecule has 0 fully saturated rings. The number of thiazole rings is 1. The minimum Gasteiger partial charge on any atom is -0.304 e. The third-order valence-electron chi connectivity index (χ3n) is 3.67. The lowest BCUT2D eigenvalue weighted by molar-refractivity contribution is -0.380. The first-order chi connectivity index (χ1) is 12.9. The van der Waals surface area contributed by atoms with E-state index in [9.17, 15) is 14.9 Å². The van der Waals surface area contributed by atoms with E-state index >= 15 is 0 Å². The number of aryl methyl sites for hydroxylation is 1. The zero-order valence-corrected chi connectivity index (χ0v) is 16.4. The second-order valence-corrected chi connectivity index (χ2v) is 7.92. The number of fused-ring (bicyclic) bond motifs is 1. The largest absolute Gasteiger partial charge is 0.324 e. The molecule has 3 aromatic rings. The van der Waals surface area contributed by atoms with Crippen LogP contribution in [0.4, 0.5) is 5.00 Å². The maximum absolute atomic E-state index is 12.2. The maximum Gasteiger partial charge on any atom is 0.324 e. The van der Waals surface area contributed by atoms with E-state index in [1.807, 2.05) is 13.0 Å². The SMILES string of the molecule is C#CCn1c(=NC(=O)/C=C/c2ccc([N+](=O)[O-])s2)sc2ccc(Cl)c(C)c21. The Morgan fingerprint density at radius 1 is 1.41 bits per heavy atom. The molecule has 0 aliphatic heterocycles. The van der Waals surface area contributed by atoms with Crippen molar-refractivity contribution in [3.63, 3.8) is 0 Å². The summed E-state index contributed by atoms with van der Waals surface area (Å²) in [6, 6.07) is 6.64. The first kappa shape index (κ1) is 19.0. The first-order valence-electron chi connectivity index (χ1n) is 7.63. The fourth-order valence-electron chi connectivity index (χ4n) is 2.45. The normalized spacial score (nSPS) is 12.0. The van der Waals surface area contributed by atoms with Crippen molar-refractivity contribution in [2.24, 2.45) is 4.99 Å². The van der Waals surface area contributed by atoms with E-state index in [1.54, 1.807) is 16.7 Å². The van der Waals surface area contributed by atoms with Gasteiger partial charge in [-0.2, -0.15) is 4.99 Å². The molecule has 27 heavy (non-hydrogen) atoms. The van der Waals surface area contributed by atoms with Crippen molar-refractivity contribution >= 4 is 61.5 Å². The number of terminal acetylenes is 1. The van der Waals surface area contributed by atoms with Crippen LogP contribution < -0.4 is 4.80 Å². The second-order valence-electron chi connectivity index (χ2n) is 5.41. The molecule has 1 amide bonds.